The molecule has 0 aliphatic heterocycles. The third-order valence-electron chi connectivity index (χ3n) is 15.4. The minimum Gasteiger partial charge on any atom is -0.462 e. The first-order valence-corrected chi connectivity index (χ1v) is 33.0. The molecule has 0 heterocycles. The zero-order valence-electron chi connectivity index (χ0n) is 49.2. The zero-order valence-corrected chi connectivity index (χ0v) is 49.2. The maximum atomic E-state index is 12.8. The molecule has 0 aromatic carbocycles. The molecule has 6 heteroatoms. The molecule has 0 spiro atoms. The van der Waals surface area contributed by atoms with E-state index < -0.39 is 6.10 Å². The number of ether oxygens (including phenoxy) is 3. The van der Waals surface area contributed by atoms with Gasteiger partial charge in [0, 0.05) is 19.3 Å². The first-order chi connectivity index (χ1) is 35.5. The van der Waals surface area contributed by atoms with E-state index in [1.807, 2.05) is 0 Å². The summed E-state index contributed by atoms with van der Waals surface area (Å²) < 4.78 is 16.8. The summed E-state index contributed by atoms with van der Waals surface area (Å²) >= 11 is 0. The van der Waals surface area contributed by atoms with Gasteiger partial charge in [0.15, 0.2) is 6.10 Å². The van der Waals surface area contributed by atoms with Gasteiger partial charge in [-0.2, -0.15) is 0 Å². The van der Waals surface area contributed by atoms with E-state index in [2.05, 4.69) is 20.8 Å². The van der Waals surface area contributed by atoms with E-state index in [9.17, 15) is 14.4 Å². The predicted octanol–water partition coefficient (Wildman–Crippen LogP) is 22.3. The topological polar surface area (TPSA) is 78.9 Å². The van der Waals surface area contributed by atoms with Crippen LogP contribution < -0.4 is 0 Å². The normalized spacial score (nSPS) is 11.9. The lowest BCUT2D eigenvalue weighted by Crippen LogP contribution is -2.30. The van der Waals surface area contributed by atoms with Gasteiger partial charge in [0.25, 0.3) is 0 Å². The molecule has 0 rings (SSSR count). The van der Waals surface area contributed by atoms with Gasteiger partial charge in [-0.25, -0.2) is 0 Å². The van der Waals surface area contributed by atoms with Crippen molar-refractivity contribution < 1.29 is 28.6 Å². The van der Waals surface area contributed by atoms with Crippen molar-refractivity contribution in [2.24, 2.45) is 0 Å². The summed E-state index contributed by atoms with van der Waals surface area (Å²) in [5, 5.41) is 0. The molecular weight excluding hydrogens is 889 g/mol. The van der Waals surface area contributed by atoms with Crippen LogP contribution in [0.2, 0.25) is 0 Å². The Kier molecular flexibility index (Phi) is 60.6. The molecule has 0 saturated heterocycles. The molecule has 428 valence electrons. The minimum absolute atomic E-state index is 0.0620. The minimum atomic E-state index is -0.760. The number of rotatable bonds is 62. The largest absolute Gasteiger partial charge is 0.462 e. The molecule has 0 aromatic heterocycles. The third-order valence-corrected chi connectivity index (χ3v) is 15.4. The molecule has 0 bridgehead atoms. The van der Waals surface area contributed by atoms with Crippen molar-refractivity contribution in [3.8, 4) is 0 Å². The van der Waals surface area contributed by atoms with E-state index in [1.54, 1.807) is 0 Å². The number of esters is 3. The number of carbonyl (C=O) groups is 3. The molecular formula is C66H128O6. The van der Waals surface area contributed by atoms with Gasteiger partial charge >= 0.3 is 17.9 Å². The van der Waals surface area contributed by atoms with Crippen LogP contribution in [0, 0.1) is 0 Å². The van der Waals surface area contributed by atoms with E-state index >= 15 is 0 Å². The lowest BCUT2D eigenvalue weighted by Gasteiger charge is -2.18. The second kappa shape index (κ2) is 62.0. The Bertz CT molecular complexity index is 1080. The Labute approximate surface area is 450 Å². The summed E-state index contributed by atoms with van der Waals surface area (Å²) in [6.07, 6.45) is 71.8. The highest BCUT2D eigenvalue weighted by atomic mass is 16.6. The molecule has 0 radical (unpaired) electrons. The highest BCUT2D eigenvalue weighted by Crippen LogP contribution is 2.19. The predicted molar refractivity (Wildman–Crippen MR) is 312 cm³/mol. The molecule has 0 N–H and O–H groups in total. The molecule has 1 atom stereocenters. The van der Waals surface area contributed by atoms with Gasteiger partial charge in [-0.05, 0) is 19.3 Å². The van der Waals surface area contributed by atoms with E-state index in [1.165, 1.54) is 289 Å². The van der Waals surface area contributed by atoms with Crippen LogP contribution in [-0.2, 0) is 28.6 Å². The Hall–Kier alpha value is -1.59. The average Bonchev–Trinajstić information content (AvgIpc) is 3.38. The standard InChI is InChI=1S/C66H128O6/c1-4-7-10-13-16-18-20-22-24-26-27-28-29-30-31-32-33-34-35-36-37-38-39-40-41-43-44-46-48-50-53-56-59-65(68)71-62-63(61-70-64(67)58-55-52-15-12-9-6-3)72-66(69)60-57-54-51-49-47-45-42-25-23-21-19-17-14-11-8-5-2/h63H,4-62H2,1-3H3. The van der Waals surface area contributed by atoms with Crippen molar-refractivity contribution >= 4 is 17.9 Å². The number of hydrogen-bond acceptors (Lipinski definition) is 6. The second-order valence-electron chi connectivity index (χ2n) is 22.8. The smallest absolute Gasteiger partial charge is 0.306 e. The SMILES string of the molecule is CCCCCCCCCCCCCCCCCCCCCCCCCCCCCCCCCCC(=O)OCC(COC(=O)CCCCCCCC)OC(=O)CCCCCCCCCCCCCCCCCC. The van der Waals surface area contributed by atoms with Crippen LogP contribution in [0.5, 0.6) is 0 Å². The molecule has 0 fully saturated rings. The maximum absolute atomic E-state index is 12.8. The lowest BCUT2D eigenvalue weighted by molar-refractivity contribution is -0.167. The molecule has 1 unspecified atom stereocenters. The molecule has 0 saturated carbocycles. The summed E-state index contributed by atoms with van der Waals surface area (Å²) in [5.41, 5.74) is 0. The van der Waals surface area contributed by atoms with E-state index in [4.69, 9.17) is 14.2 Å². The molecule has 0 aliphatic carbocycles. The van der Waals surface area contributed by atoms with Gasteiger partial charge in [0.2, 0.25) is 0 Å². The Morgan fingerprint density at radius 3 is 0.556 bits per heavy atom. The highest BCUT2D eigenvalue weighted by Gasteiger charge is 2.19. The van der Waals surface area contributed by atoms with Gasteiger partial charge in [-0.15, -0.1) is 0 Å². The van der Waals surface area contributed by atoms with Crippen LogP contribution in [0.3, 0.4) is 0 Å². The van der Waals surface area contributed by atoms with Crippen molar-refractivity contribution in [1.82, 2.24) is 0 Å². The zero-order chi connectivity index (χ0) is 52.2. The molecule has 72 heavy (non-hydrogen) atoms. The number of hydrogen-bond donors (Lipinski definition) is 0. The molecule has 6 nitrogen and oxygen atoms in total. The van der Waals surface area contributed by atoms with Crippen molar-refractivity contribution in [1.29, 1.82) is 0 Å². The highest BCUT2D eigenvalue weighted by molar-refractivity contribution is 5.71. The first kappa shape index (κ1) is 70.4. The van der Waals surface area contributed by atoms with Crippen molar-refractivity contribution in [3.63, 3.8) is 0 Å². The van der Waals surface area contributed by atoms with E-state index in [-0.39, 0.29) is 31.1 Å². The van der Waals surface area contributed by atoms with Gasteiger partial charge in [0.05, 0.1) is 0 Å². The van der Waals surface area contributed by atoms with Gasteiger partial charge in [-0.3, -0.25) is 14.4 Å². The van der Waals surface area contributed by atoms with Crippen LogP contribution in [0.4, 0.5) is 0 Å². The van der Waals surface area contributed by atoms with E-state index in [0.717, 1.165) is 57.8 Å². The Morgan fingerprint density at radius 1 is 0.222 bits per heavy atom. The molecule has 0 aromatic rings. The van der Waals surface area contributed by atoms with Crippen LogP contribution in [0.25, 0.3) is 0 Å². The fourth-order valence-corrected chi connectivity index (χ4v) is 10.4. The Balaban J connectivity index is 3.88. The third kappa shape index (κ3) is 59.3. The number of carbonyl (C=O) groups excluding carboxylic acids is 3. The summed E-state index contributed by atoms with van der Waals surface area (Å²) in [6.45, 7) is 6.66. The molecule has 0 amide bonds. The summed E-state index contributed by atoms with van der Waals surface area (Å²) in [6, 6.07) is 0. The van der Waals surface area contributed by atoms with Crippen LogP contribution in [0.15, 0.2) is 0 Å². The van der Waals surface area contributed by atoms with Crippen LogP contribution in [-0.4, -0.2) is 37.2 Å². The summed E-state index contributed by atoms with van der Waals surface area (Å²) in [4.78, 5) is 37.9. The monoisotopic (exact) mass is 1020 g/mol. The van der Waals surface area contributed by atoms with Crippen molar-refractivity contribution in [2.45, 2.75) is 393 Å². The maximum Gasteiger partial charge on any atom is 0.306 e. The summed E-state index contributed by atoms with van der Waals surface area (Å²) in [5.74, 6) is -0.843. The second-order valence-corrected chi connectivity index (χ2v) is 22.8. The Morgan fingerprint density at radius 2 is 0.375 bits per heavy atom. The lowest BCUT2D eigenvalue weighted by atomic mass is 10.0. The summed E-state index contributed by atoms with van der Waals surface area (Å²) in [7, 11) is 0. The fourth-order valence-electron chi connectivity index (χ4n) is 10.4. The van der Waals surface area contributed by atoms with Crippen molar-refractivity contribution in [3.05, 3.63) is 0 Å². The van der Waals surface area contributed by atoms with Crippen molar-refractivity contribution in [2.75, 3.05) is 13.2 Å². The fraction of sp³-hybridized carbons (Fsp3) is 0.955. The van der Waals surface area contributed by atoms with Gasteiger partial charge < -0.3 is 14.2 Å². The van der Waals surface area contributed by atoms with Gasteiger partial charge in [-0.1, -0.05) is 348 Å². The van der Waals surface area contributed by atoms with Gasteiger partial charge in [0.1, 0.15) is 13.2 Å². The quantitative estimate of drug-likeness (QED) is 0.0343. The van der Waals surface area contributed by atoms with E-state index in [0.29, 0.717) is 19.3 Å². The van der Waals surface area contributed by atoms with Crippen LogP contribution >= 0.6 is 0 Å². The number of unbranched alkanes of at least 4 members (excludes halogenated alkanes) is 51. The first-order valence-electron chi connectivity index (χ1n) is 33.0. The average molecular weight is 1020 g/mol. The van der Waals surface area contributed by atoms with Crippen LogP contribution in [0.1, 0.15) is 387 Å². The molecule has 0 aliphatic rings.